The van der Waals surface area contributed by atoms with E-state index in [1.165, 1.54) is 0 Å². The highest BCUT2D eigenvalue weighted by molar-refractivity contribution is 9.12. The van der Waals surface area contributed by atoms with Crippen LogP contribution < -0.4 is 0 Å². The van der Waals surface area contributed by atoms with Gasteiger partial charge in [0, 0.05) is 24.2 Å². The molecular weight excluding hydrogens is 382 g/mol. The molecule has 1 fully saturated rings. The van der Waals surface area contributed by atoms with Gasteiger partial charge < -0.3 is 9.64 Å². The van der Waals surface area contributed by atoms with E-state index in [4.69, 9.17) is 4.74 Å². The Bertz CT molecular complexity index is 781. The molecule has 1 heterocycles. The molecule has 1 saturated heterocycles. The van der Waals surface area contributed by atoms with E-state index in [1.807, 2.05) is 29.2 Å². The highest BCUT2D eigenvalue weighted by Gasteiger charge is 2.27. The fraction of sp³-hybridized carbons (Fsp3) is 0.200. The molecule has 5 heteroatoms. The molecule has 2 aromatic carbocycles. The summed E-state index contributed by atoms with van der Waals surface area (Å²) < 4.78 is 5.67. The average Bonchev–Trinajstić information content (AvgIpc) is 2.69. The third kappa shape index (κ3) is 4.06. The maximum Gasteiger partial charge on any atom is 0.210 e. The number of morpholine rings is 1. The van der Waals surface area contributed by atoms with Crippen molar-refractivity contribution in [2.75, 3.05) is 26.3 Å². The third-order valence-electron chi connectivity index (χ3n) is 4.02. The summed E-state index contributed by atoms with van der Waals surface area (Å²) in [6.07, 6.45) is 0. The van der Waals surface area contributed by atoms with Gasteiger partial charge in [0.05, 0.1) is 17.7 Å². The zero-order valence-corrected chi connectivity index (χ0v) is 15.2. The highest BCUT2D eigenvalue weighted by Crippen LogP contribution is 2.25. The van der Waals surface area contributed by atoms with Crippen molar-refractivity contribution in [3.05, 3.63) is 82.0 Å². The van der Waals surface area contributed by atoms with Crippen LogP contribution in [0.5, 0.6) is 0 Å². The molecule has 1 aliphatic heterocycles. The fourth-order valence-electron chi connectivity index (χ4n) is 2.72. The summed E-state index contributed by atoms with van der Waals surface area (Å²) in [4.78, 5) is 27.9. The molecule has 0 spiro atoms. The normalized spacial score (nSPS) is 15.5. The van der Waals surface area contributed by atoms with Crippen LogP contribution in [0.1, 0.15) is 20.7 Å². The second kappa shape index (κ2) is 8.23. The number of hydrogen-bond donors (Lipinski definition) is 0. The van der Waals surface area contributed by atoms with Crippen LogP contribution in [0.4, 0.5) is 0 Å². The first-order chi connectivity index (χ1) is 12.2. The monoisotopic (exact) mass is 399 g/mol. The van der Waals surface area contributed by atoms with Crippen LogP contribution in [0.3, 0.4) is 0 Å². The van der Waals surface area contributed by atoms with Crippen LogP contribution in [-0.4, -0.2) is 42.8 Å². The van der Waals surface area contributed by atoms with E-state index in [9.17, 15) is 9.59 Å². The minimum atomic E-state index is -0.202. The smallest absolute Gasteiger partial charge is 0.210 e. The molecule has 0 N–H and O–H groups in total. The molecule has 0 saturated carbocycles. The van der Waals surface area contributed by atoms with Crippen LogP contribution in [0, 0.1) is 0 Å². The molecule has 2 aromatic rings. The number of halogens is 1. The van der Waals surface area contributed by atoms with Crippen molar-refractivity contribution < 1.29 is 14.3 Å². The lowest BCUT2D eigenvalue weighted by molar-refractivity contribution is 0.0503. The lowest BCUT2D eigenvalue weighted by Crippen LogP contribution is -2.39. The first kappa shape index (κ1) is 17.6. The molecule has 128 valence electrons. The minimum absolute atomic E-state index is 0.168. The summed E-state index contributed by atoms with van der Waals surface area (Å²) in [5.41, 5.74) is 1.49. The number of rotatable bonds is 5. The number of hydrogen-bond acceptors (Lipinski definition) is 4. The first-order valence-corrected chi connectivity index (χ1v) is 8.90. The second-order valence-corrected chi connectivity index (χ2v) is 6.45. The summed E-state index contributed by atoms with van der Waals surface area (Å²) in [5.74, 6) is -0.370. The maximum atomic E-state index is 13.1. The van der Waals surface area contributed by atoms with Gasteiger partial charge in [0.2, 0.25) is 11.6 Å². The molecule has 1 aliphatic rings. The largest absolute Gasteiger partial charge is 0.378 e. The van der Waals surface area contributed by atoms with E-state index in [2.05, 4.69) is 15.9 Å². The Morgan fingerprint density at radius 2 is 1.28 bits per heavy atom. The highest BCUT2D eigenvalue weighted by atomic mass is 79.9. The summed E-state index contributed by atoms with van der Waals surface area (Å²) in [6.45, 7) is 2.22. The molecule has 0 radical (unpaired) electrons. The zero-order valence-electron chi connectivity index (χ0n) is 13.7. The first-order valence-electron chi connectivity index (χ1n) is 8.10. The van der Waals surface area contributed by atoms with Crippen molar-refractivity contribution in [2.24, 2.45) is 0 Å². The number of carbonyl (C=O) groups is 2. The van der Waals surface area contributed by atoms with E-state index in [0.29, 0.717) is 43.1 Å². The van der Waals surface area contributed by atoms with Crippen molar-refractivity contribution in [1.82, 2.24) is 4.90 Å². The van der Waals surface area contributed by atoms with Crippen LogP contribution in [0.2, 0.25) is 0 Å². The number of allylic oxidation sites excluding steroid dienone is 2. The molecule has 3 rings (SSSR count). The van der Waals surface area contributed by atoms with E-state index >= 15 is 0 Å². The summed E-state index contributed by atoms with van der Waals surface area (Å²) in [7, 11) is 0. The van der Waals surface area contributed by atoms with Gasteiger partial charge in [-0.2, -0.15) is 0 Å². The number of ether oxygens (including phenoxy) is 1. The van der Waals surface area contributed by atoms with Crippen molar-refractivity contribution in [3.63, 3.8) is 0 Å². The molecule has 0 amide bonds. The van der Waals surface area contributed by atoms with Gasteiger partial charge >= 0.3 is 0 Å². The standard InChI is InChI=1S/C20H18BrNO3/c21-17(19(23)15-7-3-1-4-8-15)18(22-11-13-25-14-12-22)20(24)16-9-5-2-6-10-16/h1-10H,11-14H2/b18-17-. The van der Waals surface area contributed by atoms with E-state index in [-0.39, 0.29) is 16.0 Å². The van der Waals surface area contributed by atoms with Gasteiger partial charge in [-0.3, -0.25) is 9.59 Å². The Labute approximate surface area is 155 Å². The van der Waals surface area contributed by atoms with Gasteiger partial charge in [0.25, 0.3) is 0 Å². The summed E-state index contributed by atoms with van der Waals surface area (Å²) in [6, 6.07) is 18.0. The molecule has 0 unspecified atom stereocenters. The van der Waals surface area contributed by atoms with Crippen LogP contribution in [0.15, 0.2) is 70.8 Å². The lowest BCUT2D eigenvalue weighted by Gasteiger charge is -2.31. The molecule has 0 atom stereocenters. The quantitative estimate of drug-likeness (QED) is 0.568. The Hall–Kier alpha value is -2.24. The van der Waals surface area contributed by atoms with Gasteiger partial charge in [0.1, 0.15) is 5.70 Å². The lowest BCUT2D eigenvalue weighted by atomic mass is 10.0. The van der Waals surface area contributed by atoms with Gasteiger partial charge in [-0.25, -0.2) is 0 Å². The maximum absolute atomic E-state index is 13.1. The molecular formula is C20H18BrNO3. The van der Waals surface area contributed by atoms with Gasteiger partial charge in [-0.05, 0) is 15.9 Å². The zero-order chi connectivity index (χ0) is 17.6. The van der Waals surface area contributed by atoms with E-state index < -0.39 is 0 Å². The fourth-order valence-corrected chi connectivity index (χ4v) is 3.38. The number of ketones is 2. The van der Waals surface area contributed by atoms with Gasteiger partial charge in [0.15, 0.2) is 0 Å². The third-order valence-corrected chi connectivity index (χ3v) is 4.76. The van der Waals surface area contributed by atoms with E-state index in [0.717, 1.165) is 0 Å². The van der Waals surface area contributed by atoms with Crippen LogP contribution in [-0.2, 0) is 4.74 Å². The van der Waals surface area contributed by atoms with Crippen molar-refractivity contribution >= 4 is 27.5 Å². The van der Waals surface area contributed by atoms with Crippen molar-refractivity contribution in [1.29, 1.82) is 0 Å². The molecule has 0 bridgehead atoms. The SMILES string of the molecule is O=C(/C(Br)=C(\C(=O)c1ccccc1)N1CCOCC1)c1ccccc1. The van der Waals surface area contributed by atoms with Gasteiger partial charge in [-0.1, -0.05) is 60.7 Å². The Balaban J connectivity index is 2.03. The Kier molecular flexibility index (Phi) is 5.79. The Morgan fingerprint density at radius 1 is 0.800 bits per heavy atom. The van der Waals surface area contributed by atoms with E-state index in [1.54, 1.807) is 36.4 Å². The van der Waals surface area contributed by atoms with Crippen LogP contribution in [0.25, 0.3) is 0 Å². The summed E-state index contributed by atoms with van der Waals surface area (Å²) >= 11 is 3.41. The van der Waals surface area contributed by atoms with Crippen molar-refractivity contribution in [2.45, 2.75) is 0 Å². The second-order valence-electron chi connectivity index (χ2n) is 5.65. The molecule has 0 aromatic heterocycles. The number of Topliss-reactive ketones (excluding diaryl/α,β-unsaturated/α-hetero) is 2. The molecule has 0 aliphatic carbocycles. The number of nitrogens with zero attached hydrogens (tertiary/aromatic N) is 1. The topological polar surface area (TPSA) is 46.6 Å². The van der Waals surface area contributed by atoms with Gasteiger partial charge in [-0.15, -0.1) is 0 Å². The number of benzene rings is 2. The minimum Gasteiger partial charge on any atom is -0.378 e. The average molecular weight is 400 g/mol. The summed E-state index contributed by atoms with van der Waals surface area (Å²) in [5, 5.41) is 0. The molecule has 4 nitrogen and oxygen atoms in total. The molecule has 25 heavy (non-hydrogen) atoms. The Morgan fingerprint density at radius 3 is 1.80 bits per heavy atom. The predicted molar refractivity (Wildman–Crippen MR) is 99.9 cm³/mol. The van der Waals surface area contributed by atoms with Crippen LogP contribution >= 0.6 is 15.9 Å². The van der Waals surface area contributed by atoms with Crippen molar-refractivity contribution in [3.8, 4) is 0 Å². The number of carbonyl (C=O) groups excluding carboxylic acids is 2. The predicted octanol–water partition coefficient (Wildman–Crippen LogP) is 3.69.